The third-order valence-corrected chi connectivity index (χ3v) is 2.92. The fourth-order valence-corrected chi connectivity index (χ4v) is 1.78. The van der Waals surface area contributed by atoms with E-state index in [1.54, 1.807) is 7.11 Å². The van der Waals surface area contributed by atoms with Crippen LogP contribution in [0.1, 0.15) is 39.2 Å². The first-order valence-corrected chi connectivity index (χ1v) is 6.29. The van der Waals surface area contributed by atoms with Gasteiger partial charge in [-0.05, 0) is 42.4 Å². The summed E-state index contributed by atoms with van der Waals surface area (Å²) >= 11 is 0. The van der Waals surface area contributed by atoms with Crippen LogP contribution in [0.5, 0.6) is 5.75 Å². The largest absolute Gasteiger partial charge is 0.497 e. The molecule has 0 aromatic heterocycles. The maximum absolute atomic E-state index is 6.15. The number of benzene rings is 1. The molecule has 0 aliphatic heterocycles. The Bertz CT molecular complexity index is 324. The molecule has 0 saturated heterocycles. The first-order chi connectivity index (χ1) is 7.90. The van der Waals surface area contributed by atoms with E-state index in [4.69, 9.17) is 10.5 Å². The van der Waals surface area contributed by atoms with Crippen LogP contribution in [-0.2, 0) is 6.42 Å². The minimum Gasteiger partial charge on any atom is -0.497 e. The van der Waals surface area contributed by atoms with Crippen LogP contribution in [0.4, 0.5) is 0 Å². The molecule has 2 N–H and O–H groups in total. The van der Waals surface area contributed by atoms with Crippen molar-refractivity contribution < 1.29 is 4.74 Å². The zero-order valence-corrected chi connectivity index (χ0v) is 11.5. The molecule has 0 fully saturated rings. The zero-order chi connectivity index (χ0) is 12.9. The lowest BCUT2D eigenvalue weighted by Crippen LogP contribution is -2.24. The normalized spacial score (nSPS) is 13.5. The minimum absolute atomic E-state index is 0.252. The molecule has 0 radical (unpaired) electrons. The summed E-state index contributed by atoms with van der Waals surface area (Å²) in [6.07, 6.45) is 3.19. The molecule has 1 unspecified atom stereocenters. The van der Waals surface area contributed by atoms with Gasteiger partial charge in [-0.2, -0.15) is 0 Å². The fraction of sp³-hybridized carbons (Fsp3) is 0.600. The maximum Gasteiger partial charge on any atom is 0.118 e. The molecule has 0 amide bonds. The van der Waals surface area contributed by atoms with Gasteiger partial charge in [0.2, 0.25) is 0 Å². The van der Waals surface area contributed by atoms with Gasteiger partial charge in [0.05, 0.1) is 7.11 Å². The molecule has 0 aliphatic rings. The van der Waals surface area contributed by atoms with E-state index in [1.165, 1.54) is 12.0 Å². The quantitative estimate of drug-likeness (QED) is 0.849. The Morgan fingerprint density at radius 1 is 1.18 bits per heavy atom. The lowest BCUT2D eigenvalue weighted by atomic mass is 9.87. The standard InChI is InChI=1S/C15H25NO/c1-15(2,3)10-9-13(16)11-12-5-7-14(17-4)8-6-12/h5-8,13H,9-11,16H2,1-4H3. The number of methoxy groups -OCH3 is 1. The Morgan fingerprint density at radius 3 is 2.24 bits per heavy atom. The zero-order valence-electron chi connectivity index (χ0n) is 11.5. The van der Waals surface area contributed by atoms with Gasteiger partial charge < -0.3 is 10.5 Å². The van der Waals surface area contributed by atoms with Crippen LogP contribution in [0.25, 0.3) is 0 Å². The molecule has 0 aliphatic carbocycles. The highest BCUT2D eigenvalue weighted by Crippen LogP contribution is 2.22. The van der Waals surface area contributed by atoms with Gasteiger partial charge in [-0.1, -0.05) is 32.9 Å². The Kier molecular flexibility index (Phi) is 5.01. The Labute approximate surface area is 105 Å². The molecule has 1 rings (SSSR count). The van der Waals surface area contributed by atoms with Crippen molar-refractivity contribution in [3.05, 3.63) is 29.8 Å². The number of hydrogen-bond donors (Lipinski definition) is 1. The SMILES string of the molecule is COc1ccc(CC(N)CCC(C)(C)C)cc1. The monoisotopic (exact) mass is 235 g/mol. The van der Waals surface area contributed by atoms with E-state index in [1.807, 2.05) is 12.1 Å². The topological polar surface area (TPSA) is 35.2 Å². The predicted molar refractivity (Wildman–Crippen MR) is 73.4 cm³/mol. The second-order valence-corrected chi connectivity index (χ2v) is 5.91. The highest BCUT2D eigenvalue weighted by Gasteiger charge is 2.13. The van der Waals surface area contributed by atoms with Gasteiger partial charge in [0.15, 0.2) is 0 Å². The summed E-state index contributed by atoms with van der Waals surface area (Å²) in [6, 6.07) is 8.42. The number of ether oxygens (including phenoxy) is 1. The molecule has 0 bridgehead atoms. The Hall–Kier alpha value is -1.02. The van der Waals surface area contributed by atoms with Crippen molar-refractivity contribution in [2.45, 2.75) is 46.1 Å². The molecule has 2 nitrogen and oxygen atoms in total. The highest BCUT2D eigenvalue weighted by molar-refractivity contribution is 5.27. The number of rotatable bonds is 5. The van der Waals surface area contributed by atoms with E-state index in [9.17, 15) is 0 Å². The summed E-state index contributed by atoms with van der Waals surface area (Å²) < 4.78 is 5.14. The summed E-state index contributed by atoms with van der Waals surface area (Å²) in [5.41, 5.74) is 7.81. The summed E-state index contributed by atoms with van der Waals surface area (Å²) in [7, 11) is 1.68. The second kappa shape index (κ2) is 6.06. The average molecular weight is 235 g/mol. The molecule has 0 saturated carbocycles. The Morgan fingerprint density at radius 2 is 1.76 bits per heavy atom. The third-order valence-electron chi connectivity index (χ3n) is 2.92. The van der Waals surface area contributed by atoms with Crippen LogP contribution in [-0.4, -0.2) is 13.2 Å². The van der Waals surface area contributed by atoms with Crippen molar-refractivity contribution in [3.8, 4) is 5.75 Å². The average Bonchev–Trinajstić information content (AvgIpc) is 2.27. The van der Waals surface area contributed by atoms with E-state index < -0.39 is 0 Å². The van der Waals surface area contributed by atoms with Gasteiger partial charge >= 0.3 is 0 Å². The maximum atomic E-state index is 6.15. The van der Waals surface area contributed by atoms with Gasteiger partial charge in [0.25, 0.3) is 0 Å². The molecule has 1 aromatic rings. The molecule has 17 heavy (non-hydrogen) atoms. The van der Waals surface area contributed by atoms with E-state index in [2.05, 4.69) is 32.9 Å². The molecule has 0 heterocycles. The van der Waals surface area contributed by atoms with Crippen LogP contribution in [0.15, 0.2) is 24.3 Å². The van der Waals surface area contributed by atoms with Gasteiger partial charge in [0, 0.05) is 6.04 Å². The molecule has 1 aromatic carbocycles. The first kappa shape index (κ1) is 14.0. The fourth-order valence-electron chi connectivity index (χ4n) is 1.78. The third kappa shape index (κ3) is 5.73. The molecule has 96 valence electrons. The van der Waals surface area contributed by atoms with E-state index >= 15 is 0 Å². The first-order valence-electron chi connectivity index (χ1n) is 6.29. The summed E-state index contributed by atoms with van der Waals surface area (Å²) in [4.78, 5) is 0. The molecule has 2 heteroatoms. The van der Waals surface area contributed by atoms with E-state index in [0.29, 0.717) is 5.41 Å². The lowest BCUT2D eigenvalue weighted by molar-refractivity contribution is 0.347. The van der Waals surface area contributed by atoms with Gasteiger partial charge in [0.1, 0.15) is 5.75 Å². The molecule has 1 atom stereocenters. The van der Waals surface area contributed by atoms with Gasteiger partial charge in [-0.15, -0.1) is 0 Å². The van der Waals surface area contributed by atoms with Gasteiger partial charge in [-0.25, -0.2) is 0 Å². The smallest absolute Gasteiger partial charge is 0.118 e. The van der Waals surface area contributed by atoms with Gasteiger partial charge in [-0.3, -0.25) is 0 Å². The summed E-state index contributed by atoms with van der Waals surface area (Å²) in [5, 5.41) is 0. The van der Waals surface area contributed by atoms with Crippen molar-refractivity contribution >= 4 is 0 Å². The van der Waals surface area contributed by atoms with Crippen LogP contribution < -0.4 is 10.5 Å². The highest BCUT2D eigenvalue weighted by atomic mass is 16.5. The summed E-state index contributed by atoms with van der Waals surface area (Å²) in [5.74, 6) is 0.900. The predicted octanol–water partition coefficient (Wildman–Crippen LogP) is 3.39. The van der Waals surface area contributed by atoms with Crippen LogP contribution in [0.3, 0.4) is 0 Å². The molecule has 0 spiro atoms. The number of hydrogen-bond acceptors (Lipinski definition) is 2. The van der Waals surface area contributed by atoms with E-state index in [0.717, 1.165) is 18.6 Å². The minimum atomic E-state index is 0.252. The van der Waals surface area contributed by atoms with Crippen molar-refractivity contribution in [1.29, 1.82) is 0 Å². The van der Waals surface area contributed by atoms with Crippen molar-refractivity contribution in [2.75, 3.05) is 7.11 Å². The second-order valence-electron chi connectivity index (χ2n) is 5.91. The van der Waals surface area contributed by atoms with Crippen molar-refractivity contribution in [2.24, 2.45) is 11.1 Å². The van der Waals surface area contributed by atoms with Crippen molar-refractivity contribution in [1.82, 2.24) is 0 Å². The number of nitrogens with two attached hydrogens (primary N) is 1. The summed E-state index contributed by atoms with van der Waals surface area (Å²) in [6.45, 7) is 6.77. The molecular weight excluding hydrogens is 210 g/mol. The Balaban J connectivity index is 2.42. The van der Waals surface area contributed by atoms with Crippen molar-refractivity contribution in [3.63, 3.8) is 0 Å². The van der Waals surface area contributed by atoms with Crippen LogP contribution >= 0.6 is 0 Å². The van der Waals surface area contributed by atoms with Crippen LogP contribution in [0, 0.1) is 5.41 Å². The van der Waals surface area contributed by atoms with Crippen LogP contribution in [0.2, 0.25) is 0 Å². The molecular formula is C15H25NO. The van der Waals surface area contributed by atoms with E-state index in [-0.39, 0.29) is 6.04 Å². The lowest BCUT2D eigenvalue weighted by Gasteiger charge is -2.20.